The van der Waals surface area contributed by atoms with Crippen molar-refractivity contribution in [3.8, 4) is 0 Å². The molecule has 1 aromatic rings. The smallest absolute Gasteiger partial charge is 0.343 e. The zero-order valence-electron chi connectivity index (χ0n) is 7.17. The second kappa shape index (κ2) is 4.18. The Morgan fingerprint density at radius 2 is 2.29 bits per heavy atom. The van der Waals surface area contributed by atoms with Gasteiger partial charge in [-0.2, -0.15) is 0 Å². The first-order chi connectivity index (χ1) is 6.65. The van der Waals surface area contributed by atoms with E-state index in [4.69, 9.17) is 0 Å². The standard InChI is InChI=1S/C9H7NO4/c1-2-14-9(11)7-4-3-5-8(6-7)10(12)13/h2-6H,1H2. The number of non-ortho nitro benzene ring substituents is 1. The van der Waals surface area contributed by atoms with Crippen LogP contribution in [-0.4, -0.2) is 10.9 Å². The third-order valence-electron chi connectivity index (χ3n) is 1.48. The average Bonchev–Trinajstić information content (AvgIpc) is 2.18. The third kappa shape index (κ3) is 2.16. The van der Waals surface area contributed by atoms with Crippen LogP contribution in [0.25, 0.3) is 0 Å². The predicted octanol–water partition coefficient (Wildman–Crippen LogP) is 1.90. The first-order valence-electron chi connectivity index (χ1n) is 3.71. The van der Waals surface area contributed by atoms with Gasteiger partial charge >= 0.3 is 5.97 Å². The molecule has 14 heavy (non-hydrogen) atoms. The van der Waals surface area contributed by atoms with Gasteiger partial charge in [0, 0.05) is 12.1 Å². The van der Waals surface area contributed by atoms with Crippen LogP contribution in [0.2, 0.25) is 0 Å². The van der Waals surface area contributed by atoms with E-state index in [0.717, 1.165) is 12.3 Å². The van der Waals surface area contributed by atoms with Crippen LogP contribution >= 0.6 is 0 Å². The van der Waals surface area contributed by atoms with Gasteiger partial charge in [0.25, 0.3) is 5.69 Å². The Bertz CT molecular complexity index is 386. The van der Waals surface area contributed by atoms with Gasteiger partial charge in [-0.15, -0.1) is 0 Å². The van der Waals surface area contributed by atoms with Crippen LogP contribution in [0.5, 0.6) is 0 Å². The largest absolute Gasteiger partial charge is 0.432 e. The van der Waals surface area contributed by atoms with Crippen LogP contribution in [0.3, 0.4) is 0 Å². The molecule has 0 N–H and O–H groups in total. The second-order valence-corrected chi connectivity index (χ2v) is 2.38. The molecule has 0 atom stereocenters. The SMILES string of the molecule is C=COC(=O)c1cccc([N+](=O)[O-])c1. The predicted molar refractivity (Wildman–Crippen MR) is 48.7 cm³/mol. The molecule has 0 aliphatic heterocycles. The molecule has 1 rings (SSSR count). The topological polar surface area (TPSA) is 69.4 Å². The lowest BCUT2D eigenvalue weighted by Gasteiger charge is -1.97. The van der Waals surface area contributed by atoms with Crippen LogP contribution < -0.4 is 0 Å². The Balaban J connectivity index is 2.99. The van der Waals surface area contributed by atoms with Crippen LogP contribution in [0, 0.1) is 10.1 Å². The number of hydrogen-bond donors (Lipinski definition) is 0. The van der Waals surface area contributed by atoms with Crippen molar-refractivity contribution >= 4 is 11.7 Å². The quantitative estimate of drug-likeness (QED) is 0.318. The minimum atomic E-state index is -0.663. The molecule has 0 amide bonds. The summed E-state index contributed by atoms with van der Waals surface area (Å²) in [5, 5.41) is 10.4. The third-order valence-corrected chi connectivity index (χ3v) is 1.48. The molecule has 0 bridgehead atoms. The molecule has 1 aromatic carbocycles. The molecule has 0 spiro atoms. The fourth-order valence-corrected chi connectivity index (χ4v) is 0.890. The highest BCUT2D eigenvalue weighted by molar-refractivity contribution is 5.90. The fraction of sp³-hybridized carbons (Fsp3) is 0. The van der Waals surface area contributed by atoms with Crippen molar-refractivity contribution in [3.63, 3.8) is 0 Å². The van der Waals surface area contributed by atoms with Gasteiger partial charge in [-0.3, -0.25) is 10.1 Å². The van der Waals surface area contributed by atoms with E-state index in [-0.39, 0.29) is 11.3 Å². The maximum absolute atomic E-state index is 11.1. The monoisotopic (exact) mass is 193 g/mol. The van der Waals surface area contributed by atoms with Crippen molar-refractivity contribution in [2.45, 2.75) is 0 Å². The van der Waals surface area contributed by atoms with E-state index in [1.165, 1.54) is 18.2 Å². The summed E-state index contributed by atoms with van der Waals surface area (Å²) in [6, 6.07) is 5.28. The Kier molecular flexibility index (Phi) is 2.96. The molecule has 0 fully saturated rings. The molecule has 0 saturated heterocycles. The molecule has 0 heterocycles. The normalized spacial score (nSPS) is 9.14. The number of carbonyl (C=O) groups excluding carboxylic acids is 1. The number of hydrogen-bond acceptors (Lipinski definition) is 4. The molecule has 0 radical (unpaired) electrons. The number of benzene rings is 1. The van der Waals surface area contributed by atoms with Crippen LogP contribution in [-0.2, 0) is 4.74 Å². The summed E-state index contributed by atoms with van der Waals surface area (Å²) in [4.78, 5) is 20.9. The molecular weight excluding hydrogens is 186 g/mol. The van der Waals surface area contributed by atoms with E-state index >= 15 is 0 Å². The highest BCUT2D eigenvalue weighted by atomic mass is 16.6. The van der Waals surface area contributed by atoms with E-state index < -0.39 is 10.9 Å². The van der Waals surface area contributed by atoms with E-state index in [0.29, 0.717) is 0 Å². The van der Waals surface area contributed by atoms with Crippen LogP contribution in [0.1, 0.15) is 10.4 Å². The van der Waals surface area contributed by atoms with Gasteiger partial charge in [0.05, 0.1) is 16.7 Å². The molecule has 0 unspecified atom stereocenters. The van der Waals surface area contributed by atoms with Crippen molar-refractivity contribution in [2.75, 3.05) is 0 Å². The van der Waals surface area contributed by atoms with Crippen molar-refractivity contribution < 1.29 is 14.5 Å². The van der Waals surface area contributed by atoms with Gasteiger partial charge in [-0.1, -0.05) is 12.6 Å². The molecule has 0 aliphatic carbocycles. The Hall–Kier alpha value is -2.17. The summed E-state index contributed by atoms with van der Waals surface area (Å²) in [5.41, 5.74) is -0.0254. The number of carbonyl (C=O) groups is 1. The molecule has 0 aliphatic rings. The summed E-state index contributed by atoms with van der Waals surface area (Å²) in [7, 11) is 0. The summed E-state index contributed by atoms with van der Waals surface area (Å²) >= 11 is 0. The summed E-state index contributed by atoms with van der Waals surface area (Å²) in [6.45, 7) is 3.21. The number of nitrogens with zero attached hydrogens (tertiary/aromatic N) is 1. The summed E-state index contributed by atoms with van der Waals surface area (Å²) in [5.74, 6) is -0.663. The van der Waals surface area contributed by atoms with E-state index in [1.54, 1.807) is 0 Å². The average molecular weight is 193 g/mol. The highest BCUT2D eigenvalue weighted by Crippen LogP contribution is 2.13. The number of ether oxygens (including phenoxy) is 1. The highest BCUT2D eigenvalue weighted by Gasteiger charge is 2.11. The van der Waals surface area contributed by atoms with Gasteiger partial charge in [0.2, 0.25) is 0 Å². The zero-order valence-corrected chi connectivity index (χ0v) is 7.17. The Labute approximate surface area is 79.8 Å². The minimum absolute atomic E-state index is 0.124. The molecule has 5 nitrogen and oxygen atoms in total. The van der Waals surface area contributed by atoms with Gasteiger partial charge in [-0.05, 0) is 6.07 Å². The lowest BCUT2D eigenvalue weighted by Crippen LogP contribution is -2.00. The lowest BCUT2D eigenvalue weighted by molar-refractivity contribution is -0.384. The van der Waals surface area contributed by atoms with Gasteiger partial charge in [0.15, 0.2) is 0 Å². The van der Waals surface area contributed by atoms with Crippen LogP contribution in [0.15, 0.2) is 37.1 Å². The number of rotatable bonds is 3. The van der Waals surface area contributed by atoms with Crippen molar-refractivity contribution in [1.82, 2.24) is 0 Å². The lowest BCUT2D eigenvalue weighted by atomic mass is 10.2. The Morgan fingerprint density at radius 3 is 2.86 bits per heavy atom. The van der Waals surface area contributed by atoms with E-state index in [1.807, 2.05) is 0 Å². The zero-order chi connectivity index (χ0) is 10.6. The number of esters is 1. The molecular formula is C9H7NO4. The maximum Gasteiger partial charge on any atom is 0.343 e. The molecule has 5 heteroatoms. The molecule has 0 saturated carbocycles. The molecule has 72 valence electrons. The van der Waals surface area contributed by atoms with Crippen molar-refractivity contribution in [3.05, 3.63) is 52.8 Å². The van der Waals surface area contributed by atoms with Gasteiger partial charge < -0.3 is 4.74 Å². The van der Waals surface area contributed by atoms with Gasteiger partial charge in [-0.25, -0.2) is 4.79 Å². The first kappa shape index (κ1) is 9.91. The molecule has 0 aromatic heterocycles. The number of nitro benzene ring substituents is 1. The number of nitro groups is 1. The van der Waals surface area contributed by atoms with Gasteiger partial charge in [0.1, 0.15) is 0 Å². The maximum atomic E-state index is 11.1. The van der Waals surface area contributed by atoms with E-state index in [9.17, 15) is 14.9 Å². The van der Waals surface area contributed by atoms with E-state index in [2.05, 4.69) is 11.3 Å². The summed E-state index contributed by atoms with van der Waals surface area (Å²) < 4.78 is 4.47. The van der Waals surface area contributed by atoms with Crippen molar-refractivity contribution in [2.24, 2.45) is 0 Å². The fourth-order valence-electron chi connectivity index (χ4n) is 0.890. The second-order valence-electron chi connectivity index (χ2n) is 2.38. The van der Waals surface area contributed by atoms with Crippen molar-refractivity contribution in [1.29, 1.82) is 0 Å². The minimum Gasteiger partial charge on any atom is -0.432 e. The van der Waals surface area contributed by atoms with Crippen LogP contribution in [0.4, 0.5) is 5.69 Å². The summed E-state index contributed by atoms with van der Waals surface area (Å²) in [6.07, 6.45) is 0.973. The first-order valence-corrected chi connectivity index (χ1v) is 3.71. The Morgan fingerprint density at radius 1 is 1.57 bits per heavy atom.